The zero-order valence-corrected chi connectivity index (χ0v) is 15.7. The summed E-state index contributed by atoms with van der Waals surface area (Å²) in [5, 5.41) is 12.7. The van der Waals surface area contributed by atoms with E-state index in [4.69, 9.17) is 28.3 Å². The van der Waals surface area contributed by atoms with Gasteiger partial charge in [-0.25, -0.2) is 4.68 Å². The van der Waals surface area contributed by atoms with Gasteiger partial charge in [-0.3, -0.25) is 5.01 Å². The van der Waals surface area contributed by atoms with E-state index in [1.165, 1.54) is 19.3 Å². The quantitative estimate of drug-likeness (QED) is 0.711. The Morgan fingerprint density at radius 3 is 2.38 bits per heavy atom. The van der Waals surface area contributed by atoms with Crippen molar-refractivity contribution < 1.29 is 0 Å². The van der Waals surface area contributed by atoms with Crippen LogP contribution in [0.1, 0.15) is 44.4 Å². The second-order valence-corrected chi connectivity index (χ2v) is 7.23. The lowest BCUT2D eigenvalue weighted by atomic mass is 10.00. The Bertz CT molecular complexity index is 726. The molecule has 1 aromatic heterocycles. The van der Waals surface area contributed by atoms with Crippen LogP contribution in [-0.4, -0.2) is 33.1 Å². The van der Waals surface area contributed by atoms with Gasteiger partial charge in [0.1, 0.15) is 5.15 Å². The summed E-state index contributed by atoms with van der Waals surface area (Å²) in [6.07, 6.45) is 5.47. The monoisotopic (exact) mass is 364 g/mol. The van der Waals surface area contributed by atoms with E-state index in [1.54, 1.807) is 4.68 Å². The number of hydrogen-bond donors (Lipinski definition) is 0. The Labute approximate surface area is 153 Å². The van der Waals surface area contributed by atoms with Crippen LogP contribution < -0.4 is 0 Å². The predicted molar refractivity (Wildman–Crippen MR) is 101 cm³/mol. The lowest BCUT2D eigenvalue weighted by molar-refractivity contribution is 0.109. The molecule has 4 nitrogen and oxygen atoms in total. The van der Waals surface area contributed by atoms with Crippen molar-refractivity contribution in [2.24, 2.45) is 5.10 Å². The summed E-state index contributed by atoms with van der Waals surface area (Å²) in [4.78, 5) is 0. The average Bonchev–Trinajstić information content (AvgIpc) is 2.83. The van der Waals surface area contributed by atoms with Crippen molar-refractivity contribution in [2.75, 3.05) is 0 Å². The van der Waals surface area contributed by atoms with Crippen molar-refractivity contribution in [1.82, 2.24) is 14.8 Å². The predicted octanol–water partition coefficient (Wildman–Crippen LogP) is 5.08. The van der Waals surface area contributed by atoms with Gasteiger partial charge >= 0.3 is 0 Å². The summed E-state index contributed by atoms with van der Waals surface area (Å²) >= 11 is 12.5. The van der Waals surface area contributed by atoms with Crippen LogP contribution in [0.25, 0.3) is 5.69 Å². The van der Waals surface area contributed by atoms with Crippen LogP contribution in [0.5, 0.6) is 0 Å². The molecule has 0 bridgehead atoms. The van der Waals surface area contributed by atoms with Crippen molar-refractivity contribution in [3.63, 3.8) is 0 Å². The highest BCUT2D eigenvalue weighted by molar-refractivity contribution is 6.32. The lowest BCUT2D eigenvalue weighted by Crippen LogP contribution is -2.39. The van der Waals surface area contributed by atoms with E-state index in [0.29, 0.717) is 22.3 Å². The molecule has 6 heteroatoms. The van der Waals surface area contributed by atoms with Gasteiger partial charge in [-0.15, -0.1) is 0 Å². The number of piperidine rings is 1. The summed E-state index contributed by atoms with van der Waals surface area (Å²) in [6.45, 7) is 6.39. The minimum Gasteiger partial charge on any atom is -0.292 e. The van der Waals surface area contributed by atoms with Gasteiger partial charge in [0.15, 0.2) is 0 Å². The fraction of sp³-hybridized carbons (Fsp3) is 0.444. The highest BCUT2D eigenvalue weighted by Crippen LogP contribution is 2.25. The maximum Gasteiger partial charge on any atom is 0.142 e. The molecule has 24 heavy (non-hydrogen) atoms. The van der Waals surface area contributed by atoms with Crippen molar-refractivity contribution in [3.05, 3.63) is 45.7 Å². The smallest absolute Gasteiger partial charge is 0.142 e. The van der Waals surface area contributed by atoms with Crippen LogP contribution in [-0.2, 0) is 0 Å². The Kier molecular flexibility index (Phi) is 5.16. The number of rotatable bonds is 3. The van der Waals surface area contributed by atoms with E-state index in [0.717, 1.165) is 16.9 Å². The molecule has 128 valence electrons. The van der Waals surface area contributed by atoms with Crippen molar-refractivity contribution >= 4 is 29.4 Å². The average molecular weight is 365 g/mol. The fourth-order valence-electron chi connectivity index (χ4n) is 3.17. The third kappa shape index (κ3) is 3.45. The maximum atomic E-state index is 6.55. The molecule has 1 fully saturated rings. The third-order valence-corrected chi connectivity index (χ3v) is 5.20. The fourth-order valence-corrected chi connectivity index (χ4v) is 3.62. The van der Waals surface area contributed by atoms with E-state index < -0.39 is 0 Å². The molecule has 2 atom stereocenters. The number of benzene rings is 1. The normalized spacial score (nSPS) is 21.6. The van der Waals surface area contributed by atoms with Crippen molar-refractivity contribution in [1.29, 1.82) is 0 Å². The van der Waals surface area contributed by atoms with Gasteiger partial charge < -0.3 is 0 Å². The second kappa shape index (κ2) is 7.16. The molecule has 0 amide bonds. The van der Waals surface area contributed by atoms with Gasteiger partial charge in [-0.05, 0) is 64.3 Å². The van der Waals surface area contributed by atoms with E-state index in [1.807, 2.05) is 37.4 Å². The van der Waals surface area contributed by atoms with E-state index >= 15 is 0 Å². The number of nitrogens with zero attached hydrogens (tertiary/aromatic N) is 4. The Morgan fingerprint density at radius 2 is 1.75 bits per heavy atom. The largest absolute Gasteiger partial charge is 0.292 e. The standard InChI is InChI=1S/C18H22Cl2N4/c1-12-5-4-6-13(2)23(12)21-11-17-14(3)22-24(18(17)20)16-9-7-15(19)8-10-16/h7-13H,4-6H2,1-3H3. The van der Waals surface area contributed by atoms with Crippen LogP contribution in [0.3, 0.4) is 0 Å². The number of hydrogen-bond acceptors (Lipinski definition) is 3. The molecule has 0 aliphatic carbocycles. The molecule has 2 unspecified atom stereocenters. The molecule has 1 saturated heterocycles. The Morgan fingerprint density at radius 1 is 1.12 bits per heavy atom. The zero-order chi connectivity index (χ0) is 17.3. The van der Waals surface area contributed by atoms with Gasteiger partial charge in [0.25, 0.3) is 0 Å². The van der Waals surface area contributed by atoms with Gasteiger partial charge in [0, 0.05) is 17.1 Å². The van der Waals surface area contributed by atoms with Gasteiger partial charge in [0.05, 0.1) is 23.2 Å². The van der Waals surface area contributed by atoms with Crippen LogP contribution in [0.2, 0.25) is 10.2 Å². The molecule has 0 spiro atoms. The molecular formula is C18H22Cl2N4. The molecule has 3 rings (SSSR count). The maximum absolute atomic E-state index is 6.55. The summed E-state index contributed by atoms with van der Waals surface area (Å²) in [7, 11) is 0. The highest BCUT2D eigenvalue weighted by Gasteiger charge is 2.23. The Hall–Kier alpha value is -1.52. The summed E-state index contributed by atoms with van der Waals surface area (Å²) in [5.41, 5.74) is 2.60. The van der Waals surface area contributed by atoms with E-state index in [2.05, 4.69) is 24.0 Å². The molecule has 2 heterocycles. The molecule has 1 aliphatic rings. The topological polar surface area (TPSA) is 33.4 Å². The number of halogens is 2. The molecule has 0 N–H and O–H groups in total. The van der Waals surface area contributed by atoms with Gasteiger partial charge in [0.2, 0.25) is 0 Å². The van der Waals surface area contributed by atoms with Gasteiger partial charge in [-0.1, -0.05) is 23.2 Å². The summed E-state index contributed by atoms with van der Waals surface area (Å²) in [5.74, 6) is 0. The SMILES string of the molecule is Cc1nn(-c2ccc(Cl)cc2)c(Cl)c1C=NN1C(C)CCCC1C. The van der Waals surface area contributed by atoms with Crippen LogP contribution in [0.15, 0.2) is 29.4 Å². The summed E-state index contributed by atoms with van der Waals surface area (Å²) in [6, 6.07) is 8.36. The van der Waals surface area contributed by atoms with E-state index in [-0.39, 0.29) is 0 Å². The van der Waals surface area contributed by atoms with E-state index in [9.17, 15) is 0 Å². The number of aromatic nitrogens is 2. The number of aryl methyl sites for hydroxylation is 1. The molecule has 2 aromatic rings. The van der Waals surface area contributed by atoms with Gasteiger partial charge in [-0.2, -0.15) is 10.2 Å². The van der Waals surface area contributed by atoms with Crippen LogP contribution >= 0.6 is 23.2 Å². The summed E-state index contributed by atoms with van der Waals surface area (Å²) < 4.78 is 1.72. The first-order valence-electron chi connectivity index (χ1n) is 8.30. The number of hydrazone groups is 1. The third-order valence-electron chi connectivity index (χ3n) is 4.59. The minimum absolute atomic E-state index is 0.454. The second-order valence-electron chi connectivity index (χ2n) is 6.43. The van der Waals surface area contributed by atoms with Crippen molar-refractivity contribution in [3.8, 4) is 5.69 Å². The molecule has 1 aliphatic heterocycles. The zero-order valence-electron chi connectivity index (χ0n) is 14.2. The van der Waals surface area contributed by atoms with Crippen molar-refractivity contribution in [2.45, 2.75) is 52.1 Å². The molecule has 1 aromatic carbocycles. The first-order valence-corrected chi connectivity index (χ1v) is 9.06. The first-order chi connectivity index (χ1) is 11.5. The molecule has 0 saturated carbocycles. The lowest BCUT2D eigenvalue weighted by Gasteiger charge is -2.36. The highest BCUT2D eigenvalue weighted by atomic mass is 35.5. The van der Waals surface area contributed by atoms with Crippen LogP contribution in [0, 0.1) is 6.92 Å². The molecular weight excluding hydrogens is 343 g/mol. The first kappa shape index (κ1) is 17.3. The Balaban J connectivity index is 1.89. The minimum atomic E-state index is 0.454. The molecule has 0 radical (unpaired) electrons. The van der Waals surface area contributed by atoms with Crippen LogP contribution in [0.4, 0.5) is 0 Å².